The lowest BCUT2D eigenvalue weighted by molar-refractivity contribution is 0.0603. The van der Waals surface area contributed by atoms with Gasteiger partial charge in [0.25, 0.3) is 0 Å². The van der Waals surface area contributed by atoms with Crippen molar-refractivity contribution in [3.05, 3.63) is 63.6 Å². The molecule has 3 aromatic rings. The molecule has 0 atom stereocenters. The van der Waals surface area contributed by atoms with Crippen LogP contribution in [0, 0.1) is 0 Å². The molecule has 1 aromatic heterocycles. The maximum absolute atomic E-state index is 12.1. The van der Waals surface area contributed by atoms with Gasteiger partial charge in [-0.2, -0.15) is 0 Å². The zero-order chi connectivity index (χ0) is 15.7. The first kappa shape index (κ1) is 15.0. The van der Waals surface area contributed by atoms with E-state index in [0.717, 1.165) is 20.9 Å². The lowest BCUT2D eigenvalue weighted by Crippen LogP contribution is -2.04. The van der Waals surface area contributed by atoms with Crippen LogP contribution in [0.25, 0.3) is 22.2 Å². The molecule has 0 aliphatic heterocycles. The maximum Gasteiger partial charge on any atom is 0.338 e. The molecule has 110 valence electrons. The summed E-state index contributed by atoms with van der Waals surface area (Å²) >= 11 is 9.33. The van der Waals surface area contributed by atoms with E-state index in [1.807, 2.05) is 30.3 Å². The van der Waals surface area contributed by atoms with Crippen LogP contribution in [0.2, 0.25) is 5.02 Å². The Labute approximate surface area is 141 Å². The van der Waals surface area contributed by atoms with Crippen molar-refractivity contribution in [3.63, 3.8) is 0 Å². The van der Waals surface area contributed by atoms with Crippen LogP contribution < -0.4 is 0 Å². The molecular weight excluding hydrogens is 366 g/mol. The van der Waals surface area contributed by atoms with Crippen molar-refractivity contribution in [2.24, 2.45) is 0 Å². The molecule has 0 N–H and O–H groups in total. The number of carbonyl (C=O) groups is 1. The van der Waals surface area contributed by atoms with Crippen molar-refractivity contribution >= 4 is 44.4 Å². The molecule has 0 bridgehead atoms. The molecule has 0 spiro atoms. The van der Waals surface area contributed by atoms with Crippen LogP contribution in [0.1, 0.15) is 10.4 Å². The Morgan fingerprint density at radius 2 is 1.86 bits per heavy atom. The first-order valence-corrected chi connectivity index (χ1v) is 7.70. The fraction of sp³-hybridized carbons (Fsp3) is 0.0588. The second kappa shape index (κ2) is 6.07. The minimum atomic E-state index is -0.388. The van der Waals surface area contributed by atoms with Gasteiger partial charge in [-0.05, 0) is 36.4 Å². The van der Waals surface area contributed by atoms with Gasteiger partial charge in [-0.15, -0.1) is 0 Å². The summed E-state index contributed by atoms with van der Waals surface area (Å²) in [4.78, 5) is 16.7. The normalized spacial score (nSPS) is 10.7. The summed E-state index contributed by atoms with van der Waals surface area (Å²) in [5.74, 6) is -0.388. The predicted octanol–water partition coefficient (Wildman–Crippen LogP) is 5.10. The highest BCUT2D eigenvalue weighted by molar-refractivity contribution is 9.10. The first-order chi connectivity index (χ1) is 10.6. The summed E-state index contributed by atoms with van der Waals surface area (Å²) in [7, 11) is 1.37. The van der Waals surface area contributed by atoms with Gasteiger partial charge in [0.2, 0.25) is 0 Å². The smallest absolute Gasteiger partial charge is 0.338 e. The summed E-state index contributed by atoms with van der Waals surface area (Å²) < 4.78 is 5.77. The van der Waals surface area contributed by atoms with Gasteiger partial charge in [0.05, 0.1) is 23.9 Å². The van der Waals surface area contributed by atoms with Crippen molar-refractivity contribution < 1.29 is 9.53 Å². The number of halogens is 2. The number of ether oxygens (including phenoxy) is 1. The predicted molar refractivity (Wildman–Crippen MR) is 91.2 cm³/mol. The van der Waals surface area contributed by atoms with Crippen molar-refractivity contribution in [2.45, 2.75) is 0 Å². The van der Waals surface area contributed by atoms with Gasteiger partial charge in [0.15, 0.2) is 0 Å². The number of carbonyl (C=O) groups excluding carboxylic acids is 1. The summed E-state index contributed by atoms with van der Waals surface area (Å²) in [5.41, 5.74) is 2.81. The third kappa shape index (κ3) is 2.85. The third-order valence-electron chi connectivity index (χ3n) is 3.32. The Kier molecular flexibility index (Phi) is 4.14. The second-order valence-corrected chi connectivity index (χ2v) is 6.07. The highest BCUT2D eigenvalue weighted by Crippen LogP contribution is 2.28. The van der Waals surface area contributed by atoms with E-state index in [2.05, 4.69) is 20.9 Å². The average molecular weight is 377 g/mol. The SMILES string of the molecule is COC(=O)c1cc(-c2ccc(Cl)cc2)nc2ccc(Br)cc12. The monoisotopic (exact) mass is 375 g/mol. The zero-order valence-electron chi connectivity index (χ0n) is 11.6. The van der Waals surface area contributed by atoms with Crippen molar-refractivity contribution in [1.82, 2.24) is 4.98 Å². The Morgan fingerprint density at radius 1 is 1.14 bits per heavy atom. The molecule has 3 nitrogen and oxygen atoms in total. The fourth-order valence-corrected chi connectivity index (χ4v) is 2.73. The Morgan fingerprint density at radius 3 is 2.55 bits per heavy atom. The molecule has 3 rings (SSSR count). The molecule has 0 saturated carbocycles. The first-order valence-electron chi connectivity index (χ1n) is 6.53. The van der Waals surface area contributed by atoms with E-state index in [9.17, 15) is 4.79 Å². The number of hydrogen-bond donors (Lipinski definition) is 0. The minimum absolute atomic E-state index is 0.388. The van der Waals surface area contributed by atoms with Gasteiger partial charge in [0, 0.05) is 20.4 Å². The Balaban J connectivity index is 2.26. The molecule has 0 amide bonds. The number of rotatable bonds is 2. The molecule has 0 aliphatic rings. The van der Waals surface area contributed by atoms with Crippen LogP contribution in [0.15, 0.2) is 53.0 Å². The molecular formula is C17H11BrClNO2. The van der Waals surface area contributed by atoms with E-state index in [-0.39, 0.29) is 5.97 Å². The van der Waals surface area contributed by atoms with Crippen molar-refractivity contribution in [1.29, 1.82) is 0 Å². The number of esters is 1. The fourth-order valence-electron chi connectivity index (χ4n) is 2.25. The van der Waals surface area contributed by atoms with Gasteiger partial charge < -0.3 is 4.74 Å². The molecule has 1 heterocycles. The number of fused-ring (bicyclic) bond motifs is 1. The van der Waals surface area contributed by atoms with Gasteiger partial charge in [-0.3, -0.25) is 0 Å². The molecule has 5 heteroatoms. The molecule has 0 fully saturated rings. The van der Waals surface area contributed by atoms with E-state index in [4.69, 9.17) is 16.3 Å². The molecule has 0 radical (unpaired) electrons. The lowest BCUT2D eigenvalue weighted by Gasteiger charge is -2.09. The van der Waals surface area contributed by atoms with Crippen LogP contribution >= 0.6 is 27.5 Å². The zero-order valence-corrected chi connectivity index (χ0v) is 14.0. The van der Waals surface area contributed by atoms with Crippen molar-refractivity contribution in [3.8, 4) is 11.3 Å². The second-order valence-electron chi connectivity index (χ2n) is 4.72. The van der Waals surface area contributed by atoms with E-state index in [1.165, 1.54) is 7.11 Å². The highest BCUT2D eigenvalue weighted by Gasteiger charge is 2.14. The van der Waals surface area contributed by atoms with E-state index in [0.29, 0.717) is 16.3 Å². The number of nitrogens with zero attached hydrogens (tertiary/aromatic N) is 1. The van der Waals surface area contributed by atoms with E-state index < -0.39 is 0 Å². The lowest BCUT2D eigenvalue weighted by atomic mass is 10.0. The molecule has 2 aromatic carbocycles. The molecule has 0 aliphatic carbocycles. The molecule has 0 saturated heterocycles. The summed E-state index contributed by atoms with van der Waals surface area (Å²) in [5, 5.41) is 1.40. The van der Waals surface area contributed by atoms with Crippen LogP contribution in [0.5, 0.6) is 0 Å². The standard InChI is InChI=1S/C17H11BrClNO2/c1-22-17(21)14-9-16(10-2-5-12(19)6-3-10)20-15-7-4-11(18)8-13(14)15/h2-9H,1H3. The summed E-state index contributed by atoms with van der Waals surface area (Å²) in [6.45, 7) is 0. The van der Waals surface area contributed by atoms with Gasteiger partial charge in [-0.25, -0.2) is 9.78 Å². The van der Waals surface area contributed by atoms with Crippen LogP contribution in [0.3, 0.4) is 0 Å². The Bertz CT molecular complexity index is 862. The van der Waals surface area contributed by atoms with E-state index >= 15 is 0 Å². The van der Waals surface area contributed by atoms with E-state index in [1.54, 1.807) is 18.2 Å². The Hall–Kier alpha value is -1.91. The van der Waals surface area contributed by atoms with Gasteiger partial charge >= 0.3 is 5.97 Å². The number of pyridine rings is 1. The molecule has 0 unspecified atom stereocenters. The average Bonchev–Trinajstić information content (AvgIpc) is 2.54. The number of benzene rings is 2. The highest BCUT2D eigenvalue weighted by atomic mass is 79.9. The van der Waals surface area contributed by atoms with Gasteiger partial charge in [-0.1, -0.05) is 39.7 Å². The number of hydrogen-bond acceptors (Lipinski definition) is 3. The summed E-state index contributed by atoms with van der Waals surface area (Å²) in [6, 6.07) is 14.7. The third-order valence-corrected chi connectivity index (χ3v) is 4.06. The quantitative estimate of drug-likeness (QED) is 0.584. The number of methoxy groups -OCH3 is 1. The topological polar surface area (TPSA) is 39.2 Å². The van der Waals surface area contributed by atoms with Crippen LogP contribution in [-0.2, 0) is 4.74 Å². The summed E-state index contributed by atoms with van der Waals surface area (Å²) in [6.07, 6.45) is 0. The maximum atomic E-state index is 12.1. The molecule has 22 heavy (non-hydrogen) atoms. The van der Waals surface area contributed by atoms with Crippen molar-refractivity contribution in [2.75, 3.05) is 7.11 Å². The largest absolute Gasteiger partial charge is 0.465 e. The minimum Gasteiger partial charge on any atom is -0.465 e. The van der Waals surface area contributed by atoms with Gasteiger partial charge in [0.1, 0.15) is 0 Å². The van der Waals surface area contributed by atoms with Crippen LogP contribution in [0.4, 0.5) is 0 Å². The van der Waals surface area contributed by atoms with Crippen LogP contribution in [-0.4, -0.2) is 18.1 Å². The number of aromatic nitrogens is 1.